The molecule has 0 aliphatic rings. The Labute approximate surface area is 80.3 Å². The average Bonchev–Trinajstić information content (AvgIpc) is 2.15. The van der Waals surface area contributed by atoms with Gasteiger partial charge in [-0.2, -0.15) is 0 Å². The van der Waals surface area contributed by atoms with Crippen LogP contribution in [-0.4, -0.2) is 17.3 Å². The van der Waals surface area contributed by atoms with E-state index >= 15 is 0 Å². The standard InChI is InChI=1S/C8H8FO4P/c9-7-3-1-6(2-4-7)8(10)5-13-14(11)12/h1-4,14H,5H2,(H,11,12). The fourth-order valence-electron chi connectivity index (χ4n) is 0.846. The summed E-state index contributed by atoms with van der Waals surface area (Å²) in [6.45, 7) is -0.472. The first kappa shape index (κ1) is 11.0. The Hall–Kier alpha value is -1.03. The Kier molecular flexibility index (Phi) is 3.95. The summed E-state index contributed by atoms with van der Waals surface area (Å²) in [6, 6.07) is 4.84. The van der Waals surface area contributed by atoms with Crippen LogP contribution in [0.15, 0.2) is 24.3 Å². The van der Waals surface area contributed by atoms with Crippen molar-refractivity contribution < 1.29 is 23.2 Å². The van der Waals surface area contributed by atoms with Gasteiger partial charge in [-0.1, -0.05) is 0 Å². The van der Waals surface area contributed by atoms with Crippen molar-refractivity contribution in [1.29, 1.82) is 0 Å². The third-order valence-corrected chi connectivity index (χ3v) is 1.88. The van der Waals surface area contributed by atoms with Gasteiger partial charge >= 0.3 is 8.25 Å². The van der Waals surface area contributed by atoms with E-state index < -0.39 is 26.5 Å². The van der Waals surface area contributed by atoms with Crippen LogP contribution >= 0.6 is 8.25 Å². The van der Waals surface area contributed by atoms with E-state index in [4.69, 9.17) is 4.89 Å². The minimum Gasteiger partial charge on any atom is -0.326 e. The van der Waals surface area contributed by atoms with E-state index in [0.717, 1.165) is 12.1 Å². The SMILES string of the molecule is O=C(CO[PH](=O)O)c1ccc(F)cc1. The van der Waals surface area contributed by atoms with Crippen LogP contribution in [0.4, 0.5) is 4.39 Å². The predicted octanol–water partition coefficient (Wildman–Crippen LogP) is 1.41. The molecule has 1 rings (SSSR count). The van der Waals surface area contributed by atoms with Crippen LogP contribution in [-0.2, 0) is 9.09 Å². The van der Waals surface area contributed by atoms with E-state index in [9.17, 15) is 13.8 Å². The molecule has 14 heavy (non-hydrogen) atoms. The molecule has 76 valence electrons. The topological polar surface area (TPSA) is 63.6 Å². The summed E-state index contributed by atoms with van der Waals surface area (Å²) in [5, 5.41) is 0. The third-order valence-electron chi connectivity index (χ3n) is 1.49. The van der Waals surface area contributed by atoms with Gasteiger partial charge in [0.2, 0.25) is 0 Å². The molecule has 0 heterocycles. The van der Waals surface area contributed by atoms with Gasteiger partial charge in [0.25, 0.3) is 0 Å². The molecular formula is C8H8FO4P. The fraction of sp³-hybridized carbons (Fsp3) is 0.125. The van der Waals surface area contributed by atoms with E-state index in [2.05, 4.69) is 4.52 Å². The van der Waals surface area contributed by atoms with Crippen molar-refractivity contribution in [3.05, 3.63) is 35.6 Å². The van der Waals surface area contributed by atoms with Gasteiger partial charge in [0.1, 0.15) is 12.4 Å². The van der Waals surface area contributed by atoms with E-state index in [1.54, 1.807) is 0 Å². The first-order chi connectivity index (χ1) is 6.59. The molecule has 0 radical (unpaired) electrons. The highest BCUT2D eigenvalue weighted by molar-refractivity contribution is 7.32. The van der Waals surface area contributed by atoms with Crippen molar-refractivity contribution in [2.24, 2.45) is 0 Å². The molecule has 4 nitrogen and oxygen atoms in total. The number of ketones is 1. The van der Waals surface area contributed by atoms with Gasteiger partial charge in [-0.05, 0) is 24.3 Å². The van der Waals surface area contributed by atoms with Crippen molar-refractivity contribution in [2.45, 2.75) is 0 Å². The van der Waals surface area contributed by atoms with Crippen LogP contribution in [0.3, 0.4) is 0 Å². The van der Waals surface area contributed by atoms with Crippen LogP contribution < -0.4 is 0 Å². The first-order valence-electron chi connectivity index (χ1n) is 3.74. The molecule has 6 heteroatoms. The molecule has 0 saturated heterocycles. The summed E-state index contributed by atoms with van der Waals surface area (Å²) in [5.41, 5.74) is 0.245. The molecule has 0 fully saturated rings. The third kappa shape index (κ3) is 3.38. The Morgan fingerprint density at radius 1 is 1.43 bits per heavy atom. The highest BCUT2D eigenvalue weighted by Gasteiger charge is 2.06. The van der Waals surface area contributed by atoms with Crippen LogP contribution in [0, 0.1) is 5.82 Å². The molecule has 0 bridgehead atoms. The molecular weight excluding hydrogens is 210 g/mol. The maximum absolute atomic E-state index is 12.4. The van der Waals surface area contributed by atoms with Crippen molar-refractivity contribution in [3.8, 4) is 0 Å². The highest BCUT2D eigenvalue weighted by Crippen LogP contribution is 2.15. The Balaban J connectivity index is 2.61. The zero-order valence-electron chi connectivity index (χ0n) is 7.07. The van der Waals surface area contributed by atoms with E-state index in [1.807, 2.05) is 0 Å². The number of hydrogen-bond donors (Lipinski definition) is 1. The van der Waals surface area contributed by atoms with Crippen LogP contribution in [0.25, 0.3) is 0 Å². The van der Waals surface area contributed by atoms with Crippen molar-refractivity contribution >= 4 is 14.0 Å². The minimum absolute atomic E-state index is 0.245. The molecule has 0 saturated carbocycles. The molecule has 1 aromatic rings. The highest BCUT2D eigenvalue weighted by atomic mass is 31.1. The lowest BCUT2D eigenvalue weighted by molar-refractivity contribution is 0.0917. The average molecular weight is 218 g/mol. The monoisotopic (exact) mass is 218 g/mol. The molecule has 0 aliphatic heterocycles. The van der Waals surface area contributed by atoms with Crippen LogP contribution in [0.5, 0.6) is 0 Å². The van der Waals surface area contributed by atoms with E-state index in [0.29, 0.717) is 0 Å². The van der Waals surface area contributed by atoms with Gasteiger partial charge in [0.05, 0.1) is 0 Å². The molecule has 1 N–H and O–H groups in total. The molecule has 0 aromatic heterocycles. The number of benzene rings is 1. The summed E-state index contributed by atoms with van der Waals surface area (Å²) in [7, 11) is -3.09. The molecule has 1 unspecified atom stereocenters. The second kappa shape index (κ2) is 5.00. The molecule has 1 atom stereocenters. The minimum atomic E-state index is -3.09. The zero-order chi connectivity index (χ0) is 10.6. The number of carbonyl (C=O) groups excluding carboxylic acids is 1. The number of hydrogen-bond acceptors (Lipinski definition) is 3. The van der Waals surface area contributed by atoms with Crippen molar-refractivity contribution in [2.75, 3.05) is 6.61 Å². The van der Waals surface area contributed by atoms with Gasteiger partial charge < -0.3 is 9.42 Å². The molecule has 1 aromatic carbocycles. The first-order valence-corrected chi connectivity index (χ1v) is 5.00. The maximum atomic E-state index is 12.4. The predicted molar refractivity (Wildman–Crippen MR) is 47.9 cm³/mol. The Morgan fingerprint density at radius 2 is 2.00 bits per heavy atom. The zero-order valence-corrected chi connectivity index (χ0v) is 8.07. The summed E-state index contributed by atoms with van der Waals surface area (Å²) < 4.78 is 26.8. The fourth-order valence-corrected chi connectivity index (χ4v) is 1.10. The van der Waals surface area contributed by atoms with Crippen LogP contribution in [0.1, 0.15) is 10.4 Å². The number of rotatable bonds is 4. The summed E-state index contributed by atoms with van der Waals surface area (Å²) in [5.74, 6) is -0.907. The van der Waals surface area contributed by atoms with Gasteiger partial charge in [-0.25, -0.2) is 4.39 Å². The van der Waals surface area contributed by atoms with Gasteiger partial charge in [0.15, 0.2) is 5.78 Å². The Bertz CT molecular complexity index is 349. The van der Waals surface area contributed by atoms with E-state index in [-0.39, 0.29) is 5.56 Å². The van der Waals surface area contributed by atoms with E-state index in [1.165, 1.54) is 12.1 Å². The summed E-state index contributed by atoms with van der Waals surface area (Å²) in [6.07, 6.45) is 0. The normalized spacial score (nSPS) is 12.4. The lowest BCUT2D eigenvalue weighted by atomic mass is 10.1. The molecule has 0 amide bonds. The van der Waals surface area contributed by atoms with Gasteiger partial charge in [-0.3, -0.25) is 9.36 Å². The van der Waals surface area contributed by atoms with Crippen molar-refractivity contribution in [3.63, 3.8) is 0 Å². The van der Waals surface area contributed by atoms with Crippen LogP contribution in [0.2, 0.25) is 0 Å². The van der Waals surface area contributed by atoms with Gasteiger partial charge in [-0.15, -0.1) is 0 Å². The number of halogens is 1. The largest absolute Gasteiger partial charge is 0.326 e. The second-order valence-electron chi connectivity index (χ2n) is 2.48. The van der Waals surface area contributed by atoms with Gasteiger partial charge in [0, 0.05) is 5.56 Å². The summed E-state index contributed by atoms with van der Waals surface area (Å²) >= 11 is 0. The lowest BCUT2D eigenvalue weighted by Crippen LogP contribution is -2.05. The number of Topliss-reactive ketones (excluding diaryl/α,β-unsaturated/α-hetero) is 1. The molecule has 0 spiro atoms. The quantitative estimate of drug-likeness (QED) is 0.612. The molecule has 0 aliphatic carbocycles. The van der Waals surface area contributed by atoms with Crippen molar-refractivity contribution in [1.82, 2.24) is 0 Å². The Morgan fingerprint density at radius 3 is 2.50 bits per heavy atom. The number of carbonyl (C=O) groups is 1. The lowest BCUT2D eigenvalue weighted by Gasteiger charge is -1.99. The second-order valence-corrected chi connectivity index (χ2v) is 3.31. The smallest absolute Gasteiger partial charge is 0.317 e. The maximum Gasteiger partial charge on any atom is 0.317 e. The summed E-state index contributed by atoms with van der Waals surface area (Å²) in [4.78, 5) is 19.5.